The molecule has 2 heterocycles. The third kappa shape index (κ3) is 2.13. The molecule has 1 fully saturated rings. The molecule has 0 spiro atoms. The van der Waals surface area contributed by atoms with Crippen molar-refractivity contribution in [2.24, 2.45) is 0 Å². The van der Waals surface area contributed by atoms with Crippen LogP contribution in [0.4, 0.5) is 11.6 Å². The molecule has 3 nitrogen and oxygen atoms in total. The molecule has 0 aliphatic carbocycles. The minimum atomic E-state index is 0.248. The predicted molar refractivity (Wildman–Crippen MR) is 69.1 cm³/mol. The van der Waals surface area contributed by atoms with Crippen molar-refractivity contribution in [1.82, 2.24) is 4.98 Å². The minimum Gasteiger partial charge on any atom is -0.370 e. The van der Waals surface area contributed by atoms with E-state index in [4.69, 9.17) is 0 Å². The minimum absolute atomic E-state index is 0.248. The Labute approximate surface area is 97.9 Å². The summed E-state index contributed by atoms with van der Waals surface area (Å²) in [5.41, 5.74) is 0.248. The molecule has 0 amide bonds. The van der Waals surface area contributed by atoms with Crippen LogP contribution < -0.4 is 10.2 Å². The number of anilines is 2. The molecule has 16 heavy (non-hydrogen) atoms. The van der Waals surface area contributed by atoms with Gasteiger partial charge < -0.3 is 10.2 Å². The van der Waals surface area contributed by atoms with Crippen molar-refractivity contribution in [2.75, 3.05) is 23.3 Å². The van der Waals surface area contributed by atoms with E-state index >= 15 is 0 Å². The molecule has 3 heteroatoms. The highest BCUT2D eigenvalue weighted by Crippen LogP contribution is 2.32. The second-order valence-corrected chi connectivity index (χ2v) is 4.98. The van der Waals surface area contributed by atoms with Gasteiger partial charge in [0, 0.05) is 18.6 Å². The molecule has 0 aromatic carbocycles. The van der Waals surface area contributed by atoms with Gasteiger partial charge in [0.2, 0.25) is 0 Å². The number of hydrogen-bond acceptors (Lipinski definition) is 3. The van der Waals surface area contributed by atoms with E-state index < -0.39 is 0 Å². The van der Waals surface area contributed by atoms with Gasteiger partial charge in [-0.1, -0.05) is 6.07 Å². The Hall–Kier alpha value is -1.25. The summed E-state index contributed by atoms with van der Waals surface area (Å²) in [5.74, 6) is 2.07. The molecule has 0 bridgehead atoms. The zero-order chi connectivity index (χ0) is 11.6. The van der Waals surface area contributed by atoms with Crippen LogP contribution in [0.5, 0.6) is 0 Å². The Morgan fingerprint density at radius 3 is 2.88 bits per heavy atom. The third-order valence-corrected chi connectivity index (χ3v) is 3.27. The van der Waals surface area contributed by atoms with Crippen molar-refractivity contribution in [1.29, 1.82) is 0 Å². The van der Waals surface area contributed by atoms with Crippen LogP contribution in [0.25, 0.3) is 0 Å². The number of nitrogens with one attached hydrogen (secondary N) is 1. The standard InChI is InChI=1S/C13H21N3/c1-4-14-11-7-5-8-12(15-11)16-10-6-9-13(16,2)3/h5,7-8H,4,6,9-10H2,1-3H3,(H,14,15). The fourth-order valence-electron chi connectivity index (χ4n) is 2.39. The van der Waals surface area contributed by atoms with Gasteiger partial charge in [0.1, 0.15) is 11.6 Å². The van der Waals surface area contributed by atoms with Crippen LogP contribution in [0.3, 0.4) is 0 Å². The van der Waals surface area contributed by atoms with Gasteiger partial charge >= 0.3 is 0 Å². The molecular weight excluding hydrogens is 198 g/mol. The first-order valence-corrected chi connectivity index (χ1v) is 6.12. The van der Waals surface area contributed by atoms with Gasteiger partial charge in [0.15, 0.2) is 0 Å². The zero-order valence-electron chi connectivity index (χ0n) is 10.5. The van der Waals surface area contributed by atoms with Crippen LogP contribution in [-0.2, 0) is 0 Å². The summed E-state index contributed by atoms with van der Waals surface area (Å²) in [5, 5.41) is 3.26. The second-order valence-electron chi connectivity index (χ2n) is 4.98. The monoisotopic (exact) mass is 219 g/mol. The summed E-state index contributed by atoms with van der Waals surface area (Å²) >= 11 is 0. The number of nitrogens with zero attached hydrogens (tertiary/aromatic N) is 2. The predicted octanol–water partition coefficient (Wildman–Crippen LogP) is 2.89. The van der Waals surface area contributed by atoms with Gasteiger partial charge in [-0.15, -0.1) is 0 Å². The lowest BCUT2D eigenvalue weighted by atomic mass is 10.0. The number of pyridine rings is 1. The molecule has 1 N–H and O–H groups in total. The van der Waals surface area contributed by atoms with E-state index in [0.29, 0.717) is 0 Å². The van der Waals surface area contributed by atoms with Crippen LogP contribution in [0.15, 0.2) is 18.2 Å². The highest BCUT2D eigenvalue weighted by molar-refractivity contribution is 5.49. The molecule has 0 saturated carbocycles. The third-order valence-electron chi connectivity index (χ3n) is 3.27. The quantitative estimate of drug-likeness (QED) is 0.847. The lowest BCUT2D eigenvalue weighted by Gasteiger charge is -2.32. The first kappa shape index (κ1) is 11.2. The van der Waals surface area contributed by atoms with Crippen molar-refractivity contribution in [2.45, 2.75) is 39.2 Å². The Kier molecular flexibility index (Phi) is 3.03. The molecule has 1 aromatic rings. The second kappa shape index (κ2) is 4.32. The Morgan fingerprint density at radius 2 is 2.25 bits per heavy atom. The fourth-order valence-corrected chi connectivity index (χ4v) is 2.39. The summed E-state index contributed by atoms with van der Waals surface area (Å²) in [6.07, 6.45) is 2.51. The largest absolute Gasteiger partial charge is 0.370 e. The Balaban J connectivity index is 2.23. The van der Waals surface area contributed by atoms with E-state index in [1.165, 1.54) is 12.8 Å². The van der Waals surface area contributed by atoms with Gasteiger partial charge in [-0.3, -0.25) is 0 Å². The summed E-state index contributed by atoms with van der Waals surface area (Å²) in [7, 11) is 0. The molecule has 0 atom stereocenters. The maximum Gasteiger partial charge on any atom is 0.131 e. The maximum atomic E-state index is 4.65. The highest BCUT2D eigenvalue weighted by atomic mass is 15.3. The lowest BCUT2D eigenvalue weighted by molar-refractivity contribution is 0.514. The SMILES string of the molecule is CCNc1cccc(N2CCCC2(C)C)n1. The summed E-state index contributed by atoms with van der Waals surface area (Å²) in [4.78, 5) is 7.07. The molecule has 88 valence electrons. The normalized spacial score (nSPS) is 18.8. The first-order valence-electron chi connectivity index (χ1n) is 6.12. The van der Waals surface area contributed by atoms with Crippen molar-refractivity contribution in [3.8, 4) is 0 Å². The number of rotatable bonds is 3. The van der Waals surface area contributed by atoms with Gasteiger partial charge in [0.25, 0.3) is 0 Å². The van der Waals surface area contributed by atoms with E-state index in [1.807, 2.05) is 6.07 Å². The van der Waals surface area contributed by atoms with Crippen molar-refractivity contribution < 1.29 is 0 Å². The van der Waals surface area contributed by atoms with Gasteiger partial charge in [-0.2, -0.15) is 0 Å². The van der Waals surface area contributed by atoms with E-state index in [2.05, 4.69) is 48.1 Å². The van der Waals surface area contributed by atoms with E-state index in [-0.39, 0.29) is 5.54 Å². The van der Waals surface area contributed by atoms with Crippen LogP contribution in [0.1, 0.15) is 33.6 Å². The average molecular weight is 219 g/mol. The van der Waals surface area contributed by atoms with Crippen molar-refractivity contribution in [3.63, 3.8) is 0 Å². The van der Waals surface area contributed by atoms with E-state index in [0.717, 1.165) is 24.7 Å². The lowest BCUT2D eigenvalue weighted by Crippen LogP contribution is -2.38. The fraction of sp³-hybridized carbons (Fsp3) is 0.615. The molecule has 0 radical (unpaired) electrons. The Morgan fingerprint density at radius 1 is 1.44 bits per heavy atom. The molecule has 1 aliphatic heterocycles. The average Bonchev–Trinajstić information content (AvgIpc) is 2.59. The van der Waals surface area contributed by atoms with Crippen LogP contribution in [0.2, 0.25) is 0 Å². The number of hydrogen-bond donors (Lipinski definition) is 1. The first-order chi connectivity index (χ1) is 7.63. The summed E-state index contributed by atoms with van der Waals surface area (Å²) < 4.78 is 0. The van der Waals surface area contributed by atoms with Crippen LogP contribution in [0, 0.1) is 0 Å². The summed E-state index contributed by atoms with van der Waals surface area (Å²) in [6, 6.07) is 6.21. The molecular formula is C13H21N3. The van der Waals surface area contributed by atoms with Crippen molar-refractivity contribution in [3.05, 3.63) is 18.2 Å². The molecule has 1 saturated heterocycles. The molecule has 1 aromatic heterocycles. The van der Waals surface area contributed by atoms with Crippen molar-refractivity contribution >= 4 is 11.6 Å². The van der Waals surface area contributed by atoms with Gasteiger partial charge in [0.05, 0.1) is 0 Å². The smallest absolute Gasteiger partial charge is 0.131 e. The Bertz CT molecular complexity index is 360. The molecule has 0 unspecified atom stereocenters. The molecule has 1 aliphatic rings. The maximum absolute atomic E-state index is 4.65. The van der Waals surface area contributed by atoms with E-state index in [1.54, 1.807) is 0 Å². The van der Waals surface area contributed by atoms with E-state index in [9.17, 15) is 0 Å². The van der Waals surface area contributed by atoms with Crippen LogP contribution >= 0.6 is 0 Å². The highest BCUT2D eigenvalue weighted by Gasteiger charge is 2.32. The number of aromatic nitrogens is 1. The molecule has 2 rings (SSSR count). The van der Waals surface area contributed by atoms with Gasteiger partial charge in [-0.05, 0) is 45.7 Å². The van der Waals surface area contributed by atoms with Gasteiger partial charge in [-0.25, -0.2) is 4.98 Å². The van der Waals surface area contributed by atoms with Crippen LogP contribution in [-0.4, -0.2) is 23.6 Å². The summed E-state index contributed by atoms with van der Waals surface area (Å²) in [6.45, 7) is 8.72. The topological polar surface area (TPSA) is 28.2 Å². The zero-order valence-corrected chi connectivity index (χ0v) is 10.5.